The van der Waals surface area contributed by atoms with E-state index in [2.05, 4.69) is 5.32 Å². The Morgan fingerprint density at radius 2 is 2.00 bits per heavy atom. The third-order valence-electron chi connectivity index (χ3n) is 3.08. The van der Waals surface area contributed by atoms with E-state index in [0.717, 1.165) is 12.1 Å². The number of benzene rings is 1. The number of halogens is 4. The normalized spacial score (nSPS) is 26.0. The van der Waals surface area contributed by atoms with E-state index in [-0.39, 0.29) is 18.5 Å². The van der Waals surface area contributed by atoms with E-state index in [1.807, 2.05) is 0 Å². The fourth-order valence-electron chi connectivity index (χ4n) is 2.13. The second kappa shape index (κ2) is 3.73. The maximum absolute atomic E-state index is 13.1. The Kier molecular flexibility index (Phi) is 2.66. The van der Waals surface area contributed by atoms with E-state index in [0.29, 0.717) is 6.54 Å². The van der Waals surface area contributed by atoms with Gasteiger partial charge < -0.3 is 5.32 Å². The van der Waals surface area contributed by atoms with E-state index in [1.165, 1.54) is 12.1 Å². The molecule has 5 heteroatoms. The van der Waals surface area contributed by atoms with Gasteiger partial charge in [-0.15, -0.1) is 0 Å². The highest BCUT2D eigenvalue weighted by Crippen LogP contribution is 2.45. The smallest absolute Gasteiger partial charge is 0.315 e. The number of rotatable bonds is 1. The summed E-state index contributed by atoms with van der Waals surface area (Å²) >= 11 is 0. The topological polar surface area (TPSA) is 12.0 Å². The van der Waals surface area contributed by atoms with Crippen molar-refractivity contribution in [1.29, 1.82) is 0 Å². The standard InChI is InChI=1S/C11H11F4N/c12-9-3-1-2-8(6-9)10(11(13,14)15)4-5-16-7-10/h1-3,6,16H,4-5,7H2. The van der Waals surface area contributed by atoms with Gasteiger partial charge in [-0.05, 0) is 30.7 Å². The second-order valence-electron chi connectivity index (χ2n) is 4.02. The summed E-state index contributed by atoms with van der Waals surface area (Å²) in [7, 11) is 0. The van der Waals surface area contributed by atoms with Crippen molar-refractivity contribution >= 4 is 0 Å². The van der Waals surface area contributed by atoms with Crippen LogP contribution in [0.1, 0.15) is 12.0 Å². The molecular formula is C11H11F4N. The number of nitrogens with one attached hydrogen (secondary N) is 1. The monoisotopic (exact) mass is 233 g/mol. The maximum Gasteiger partial charge on any atom is 0.399 e. The highest BCUT2D eigenvalue weighted by Gasteiger charge is 2.57. The summed E-state index contributed by atoms with van der Waals surface area (Å²) < 4.78 is 52.2. The fourth-order valence-corrected chi connectivity index (χ4v) is 2.13. The molecular weight excluding hydrogens is 222 g/mol. The van der Waals surface area contributed by atoms with Crippen molar-refractivity contribution in [3.05, 3.63) is 35.6 Å². The number of hydrogen-bond acceptors (Lipinski definition) is 1. The lowest BCUT2D eigenvalue weighted by atomic mass is 9.79. The predicted octanol–water partition coefficient (Wildman–Crippen LogP) is 2.62. The van der Waals surface area contributed by atoms with Crippen LogP contribution in [0.4, 0.5) is 17.6 Å². The quantitative estimate of drug-likeness (QED) is 0.735. The summed E-state index contributed by atoms with van der Waals surface area (Å²) in [5, 5.41) is 2.70. The molecule has 1 aliphatic rings. The molecule has 0 saturated carbocycles. The zero-order valence-electron chi connectivity index (χ0n) is 8.44. The van der Waals surface area contributed by atoms with Crippen LogP contribution >= 0.6 is 0 Å². The summed E-state index contributed by atoms with van der Waals surface area (Å²) in [6.07, 6.45) is -4.40. The molecule has 1 saturated heterocycles. The van der Waals surface area contributed by atoms with E-state index in [9.17, 15) is 17.6 Å². The molecule has 1 heterocycles. The molecule has 1 N–H and O–H groups in total. The Balaban J connectivity index is 2.48. The molecule has 1 fully saturated rings. The number of alkyl halides is 3. The molecule has 1 nitrogen and oxygen atoms in total. The first kappa shape index (κ1) is 11.4. The van der Waals surface area contributed by atoms with Crippen molar-refractivity contribution in [2.75, 3.05) is 13.1 Å². The molecule has 0 aliphatic carbocycles. The highest BCUT2D eigenvalue weighted by molar-refractivity contribution is 5.30. The van der Waals surface area contributed by atoms with Gasteiger partial charge in [0.15, 0.2) is 0 Å². The lowest BCUT2D eigenvalue weighted by molar-refractivity contribution is -0.185. The van der Waals surface area contributed by atoms with Crippen molar-refractivity contribution in [2.45, 2.75) is 18.0 Å². The van der Waals surface area contributed by atoms with Crippen LogP contribution in [-0.2, 0) is 5.41 Å². The largest absolute Gasteiger partial charge is 0.399 e. The van der Waals surface area contributed by atoms with Crippen LogP contribution < -0.4 is 5.32 Å². The molecule has 1 aromatic carbocycles. The molecule has 16 heavy (non-hydrogen) atoms. The van der Waals surface area contributed by atoms with E-state index < -0.39 is 17.4 Å². The van der Waals surface area contributed by atoms with Crippen LogP contribution in [0.15, 0.2) is 24.3 Å². The van der Waals surface area contributed by atoms with Gasteiger partial charge in [0.05, 0.1) is 0 Å². The molecule has 0 aromatic heterocycles. The van der Waals surface area contributed by atoms with Crippen molar-refractivity contribution in [2.24, 2.45) is 0 Å². The van der Waals surface area contributed by atoms with E-state index in [4.69, 9.17) is 0 Å². The van der Waals surface area contributed by atoms with Crippen LogP contribution in [0.25, 0.3) is 0 Å². The van der Waals surface area contributed by atoms with E-state index >= 15 is 0 Å². The van der Waals surface area contributed by atoms with Crippen LogP contribution in [0, 0.1) is 5.82 Å². The van der Waals surface area contributed by atoms with Gasteiger partial charge in [0.1, 0.15) is 11.2 Å². The molecule has 1 atom stereocenters. The zero-order chi connectivity index (χ0) is 11.8. The Morgan fingerprint density at radius 1 is 1.25 bits per heavy atom. The summed E-state index contributed by atoms with van der Waals surface area (Å²) in [5.74, 6) is -0.631. The van der Waals surface area contributed by atoms with Gasteiger partial charge >= 0.3 is 6.18 Å². The average Bonchev–Trinajstić information content (AvgIpc) is 2.66. The van der Waals surface area contributed by atoms with Crippen LogP contribution in [0.5, 0.6) is 0 Å². The Hall–Kier alpha value is -1.10. The fraction of sp³-hybridized carbons (Fsp3) is 0.455. The lowest BCUT2D eigenvalue weighted by Gasteiger charge is -2.31. The van der Waals surface area contributed by atoms with Crippen molar-refractivity contribution in [3.8, 4) is 0 Å². The Labute approximate surface area is 90.5 Å². The zero-order valence-corrected chi connectivity index (χ0v) is 8.44. The van der Waals surface area contributed by atoms with Gasteiger partial charge in [-0.1, -0.05) is 12.1 Å². The first-order valence-corrected chi connectivity index (χ1v) is 4.99. The minimum absolute atomic E-state index is 0.00463. The molecule has 1 aliphatic heterocycles. The Bertz CT molecular complexity index is 380. The maximum atomic E-state index is 13.1. The highest BCUT2D eigenvalue weighted by atomic mass is 19.4. The molecule has 1 aromatic rings. The van der Waals surface area contributed by atoms with Gasteiger partial charge in [0.2, 0.25) is 0 Å². The molecule has 0 bridgehead atoms. The van der Waals surface area contributed by atoms with E-state index in [1.54, 1.807) is 0 Å². The summed E-state index contributed by atoms with van der Waals surface area (Å²) in [5.41, 5.74) is -1.93. The third-order valence-corrected chi connectivity index (χ3v) is 3.08. The molecule has 0 amide bonds. The van der Waals surface area contributed by atoms with Gasteiger partial charge in [0.25, 0.3) is 0 Å². The first-order chi connectivity index (χ1) is 7.46. The second-order valence-corrected chi connectivity index (χ2v) is 4.02. The van der Waals surface area contributed by atoms with Crippen molar-refractivity contribution < 1.29 is 17.6 Å². The molecule has 0 spiro atoms. The van der Waals surface area contributed by atoms with Gasteiger partial charge in [-0.3, -0.25) is 0 Å². The average molecular weight is 233 g/mol. The third kappa shape index (κ3) is 1.69. The summed E-state index contributed by atoms with van der Waals surface area (Å²) in [4.78, 5) is 0. The van der Waals surface area contributed by atoms with Crippen LogP contribution in [0.2, 0.25) is 0 Å². The van der Waals surface area contributed by atoms with Crippen molar-refractivity contribution in [1.82, 2.24) is 5.32 Å². The Morgan fingerprint density at radius 3 is 2.50 bits per heavy atom. The molecule has 88 valence electrons. The first-order valence-electron chi connectivity index (χ1n) is 4.99. The molecule has 0 radical (unpaired) electrons. The van der Waals surface area contributed by atoms with Crippen LogP contribution in [0.3, 0.4) is 0 Å². The molecule has 2 rings (SSSR count). The van der Waals surface area contributed by atoms with Crippen LogP contribution in [-0.4, -0.2) is 19.3 Å². The summed E-state index contributed by atoms with van der Waals surface area (Å²) in [6, 6.07) is 4.77. The van der Waals surface area contributed by atoms with Gasteiger partial charge in [-0.2, -0.15) is 13.2 Å². The van der Waals surface area contributed by atoms with Gasteiger partial charge in [-0.25, -0.2) is 4.39 Å². The summed E-state index contributed by atoms with van der Waals surface area (Å²) in [6.45, 7) is 0.121. The lowest BCUT2D eigenvalue weighted by Crippen LogP contribution is -2.44. The SMILES string of the molecule is Fc1cccc(C2(C(F)(F)F)CCNC2)c1. The predicted molar refractivity (Wildman–Crippen MR) is 51.6 cm³/mol. The van der Waals surface area contributed by atoms with Crippen molar-refractivity contribution in [3.63, 3.8) is 0 Å². The minimum Gasteiger partial charge on any atom is -0.315 e. The molecule has 1 unspecified atom stereocenters. The number of hydrogen-bond donors (Lipinski definition) is 1. The minimum atomic E-state index is -4.36. The van der Waals surface area contributed by atoms with Gasteiger partial charge in [0, 0.05) is 6.54 Å².